The van der Waals surface area contributed by atoms with Crippen molar-refractivity contribution in [2.45, 2.75) is 45.3 Å². The minimum atomic E-state index is -0.301. The van der Waals surface area contributed by atoms with Crippen LogP contribution in [0.25, 0.3) is 6.08 Å². The molecule has 0 bridgehead atoms. The van der Waals surface area contributed by atoms with E-state index in [1.54, 1.807) is 6.08 Å². The Bertz CT molecular complexity index is 924. The van der Waals surface area contributed by atoms with Crippen molar-refractivity contribution in [3.8, 4) is 11.8 Å². The van der Waals surface area contributed by atoms with Gasteiger partial charge in [-0.1, -0.05) is 48.7 Å². The maximum Gasteiger partial charge on any atom is 0.262 e. The van der Waals surface area contributed by atoms with E-state index in [4.69, 9.17) is 4.74 Å². The molecule has 1 N–H and O–H groups in total. The van der Waals surface area contributed by atoms with Crippen LogP contribution in [0.5, 0.6) is 5.75 Å². The van der Waals surface area contributed by atoms with Crippen LogP contribution < -0.4 is 10.1 Å². The molecule has 28 heavy (non-hydrogen) atoms. The zero-order chi connectivity index (χ0) is 19.9. The minimum absolute atomic E-state index is 0.118. The zero-order valence-corrected chi connectivity index (χ0v) is 17.5. The van der Waals surface area contributed by atoms with Gasteiger partial charge in [-0.2, -0.15) is 5.26 Å². The van der Waals surface area contributed by atoms with Crippen LogP contribution in [0.3, 0.4) is 0 Å². The Morgan fingerprint density at radius 2 is 2.07 bits per heavy atom. The number of nitriles is 1. The lowest BCUT2D eigenvalue weighted by molar-refractivity contribution is -0.117. The second-order valence-electron chi connectivity index (χ2n) is 7.09. The Kier molecular flexibility index (Phi) is 6.89. The monoisotopic (exact) mass is 438 g/mol. The van der Waals surface area contributed by atoms with Crippen LogP contribution in [0, 0.1) is 18.3 Å². The summed E-state index contributed by atoms with van der Waals surface area (Å²) in [5.41, 5.74) is 3.19. The highest BCUT2D eigenvalue weighted by Crippen LogP contribution is 2.28. The molecule has 0 aliphatic heterocycles. The first-order valence-corrected chi connectivity index (χ1v) is 10.2. The molecule has 1 aliphatic carbocycles. The van der Waals surface area contributed by atoms with Crippen LogP contribution in [0.1, 0.15) is 42.4 Å². The summed E-state index contributed by atoms with van der Waals surface area (Å²) in [6.45, 7) is 2.53. The Labute approximate surface area is 174 Å². The SMILES string of the molecule is Cc1cccc(COc2ccc(/C=C(/C#N)C(=O)NC3CCCC3)cc2Br)c1. The molecule has 0 radical (unpaired) electrons. The van der Waals surface area contributed by atoms with Crippen LogP contribution in [0.15, 0.2) is 52.5 Å². The van der Waals surface area contributed by atoms with Gasteiger partial charge in [0.1, 0.15) is 24.0 Å². The lowest BCUT2D eigenvalue weighted by Crippen LogP contribution is -2.33. The molecule has 144 valence electrons. The molecular weight excluding hydrogens is 416 g/mol. The fourth-order valence-electron chi connectivity index (χ4n) is 3.34. The first-order chi connectivity index (χ1) is 13.5. The fourth-order valence-corrected chi connectivity index (χ4v) is 3.85. The summed E-state index contributed by atoms with van der Waals surface area (Å²) >= 11 is 3.52. The molecule has 1 saturated carbocycles. The van der Waals surface area contributed by atoms with Crippen molar-refractivity contribution in [2.75, 3.05) is 0 Å². The topological polar surface area (TPSA) is 62.1 Å². The van der Waals surface area contributed by atoms with Crippen LogP contribution in [0.2, 0.25) is 0 Å². The molecule has 0 spiro atoms. The molecule has 2 aromatic rings. The van der Waals surface area contributed by atoms with Gasteiger partial charge in [-0.3, -0.25) is 4.79 Å². The second kappa shape index (κ2) is 9.57. The standard InChI is InChI=1S/C23H23BrN2O2/c1-16-5-4-6-18(11-16)15-28-22-10-9-17(13-21(22)24)12-19(14-25)23(27)26-20-7-2-3-8-20/h4-6,9-13,20H,2-3,7-8,15H2,1H3,(H,26,27)/b19-12-. The number of rotatable bonds is 6. The zero-order valence-electron chi connectivity index (χ0n) is 15.9. The molecule has 4 nitrogen and oxygen atoms in total. The number of aryl methyl sites for hydroxylation is 1. The second-order valence-corrected chi connectivity index (χ2v) is 7.95. The smallest absolute Gasteiger partial charge is 0.262 e. The Hall–Kier alpha value is -2.58. The molecule has 0 aromatic heterocycles. The van der Waals surface area contributed by atoms with Gasteiger partial charge in [0.25, 0.3) is 5.91 Å². The number of benzene rings is 2. The summed E-state index contributed by atoms with van der Waals surface area (Å²) in [4.78, 5) is 12.3. The van der Waals surface area contributed by atoms with E-state index in [0.29, 0.717) is 12.4 Å². The number of halogens is 1. The maximum absolute atomic E-state index is 12.3. The number of carbonyl (C=O) groups excluding carboxylic acids is 1. The van der Waals surface area contributed by atoms with Crippen molar-refractivity contribution in [3.63, 3.8) is 0 Å². The van der Waals surface area contributed by atoms with E-state index in [1.807, 2.05) is 36.4 Å². The van der Waals surface area contributed by atoms with Crippen molar-refractivity contribution in [2.24, 2.45) is 0 Å². The fraction of sp³-hybridized carbons (Fsp3) is 0.304. The van der Waals surface area contributed by atoms with Gasteiger partial charge in [-0.05, 0) is 65.0 Å². The summed E-state index contributed by atoms with van der Waals surface area (Å²) in [7, 11) is 0. The molecule has 3 rings (SSSR count). The molecule has 0 atom stereocenters. The summed E-state index contributed by atoms with van der Waals surface area (Å²) in [5, 5.41) is 12.3. The van der Waals surface area contributed by atoms with Crippen LogP contribution >= 0.6 is 15.9 Å². The van der Waals surface area contributed by atoms with Gasteiger partial charge in [0.15, 0.2) is 0 Å². The van der Waals surface area contributed by atoms with E-state index in [9.17, 15) is 10.1 Å². The first-order valence-electron chi connectivity index (χ1n) is 9.45. The number of nitrogens with one attached hydrogen (secondary N) is 1. The number of amides is 1. The van der Waals surface area contributed by atoms with E-state index in [-0.39, 0.29) is 17.5 Å². The van der Waals surface area contributed by atoms with Gasteiger partial charge < -0.3 is 10.1 Å². The highest BCUT2D eigenvalue weighted by atomic mass is 79.9. The normalized spacial score (nSPS) is 14.5. The average Bonchev–Trinajstić information content (AvgIpc) is 3.18. The molecule has 2 aromatic carbocycles. The molecule has 1 aliphatic rings. The predicted octanol–water partition coefficient (Wildman–Crippen LogP) is 5.30. The van der Waals surface area contributed by atoms with E-state index >= 15 is 0 Å². The van der Waals surface area contributed by atoms with E-state index in [1.165, 1.54) is 5.56 Å². The van der Waals surface area contributed by atoms with Crippen molar-refractivity contribution in [3.05, 3.63) is 69.2 Å². The van der Waals surface area contributed by atoms with Crippen molar-refractivity contribution in [1.29, 1.82) is 5.26 Å². The highest BCUT2D eigenvalue weighted by molar-refractivity contribution is 9.10. The van der Waals surface area contributed by atoms with E-state index in [0.717, 1.165) is 41.3 Å². The highest BCUT2D eigenvalue weighted by Gasteiger charge is 2.19. The molecule has 0 saturated heterocycles. The summed E-state index contributed by atoms with van der Waals surface area (Å²) in [6.07, 6.45) is 5.85. The van der Waals surface area contributed by atoms with Crippen LogP contribution in [-0.4, -0.2) is 11.9 Å². The summed E-state index contributed by atoms with van der Waals surface area (Å²) < 4.78 is 6.67. The van der Waals surface area contributed by atoms with E-state index in [2.05, 4.69) is 40.3 Å². The van der Waals surface area contributed by atoms with Gasteiger partial charge >= 0.3 is 0 Å². The largest absolute Gasteiger partial charge is 0.488 e. The third-order valence-corrected chi connectivity index (χ3v) is 5.42. The third-order valence-electron chi connectivity index (χ3n) is 4.80. The van der Waals surface area contributed by atoms with Gasteiger partial charge in [-0.25, -0.2) is 0 Å². The van der Waals surface area contributed by atoms with Crippen LogP contribution in [0.4, 0.5) is 0 Å². The van der Waals surface area contributed by atoms with Gasteiger partial charge in [-0.15, -0.1) is 0 Å². The van der Waals surface area contributed by atoms with Crippen molar-refractivity contribution >= 4 is 27.9 Å². The van der Waals surface area contributed by atoms with Gasteiger partial charge in [0.05, 0.1) is 4.47 Å². The van der Waals surface area contributed by atoms with Crippen molar-refractivity contribution < 1.29 is 9.53 Å². The number of hydrogen-bond acceptors (Lipinski definition) is 3. The third kappa shape index (κ3) is 5.46. The molecule has 0 unspecified atom stereocenters. The Morgan fingerprint density at radius 1 is 1.29 bits per heavy atom. The molecule has 0 heterocycles. The lowest BCUT2D eigenvalue weighted by Gasteiger charge is -2.11. The molecule has 5 heteroatoms. The minimum Gasteiger partial charge on any atom is -0.488 e. The number of ether oxygens (including phenoxy) is 1. The molecule has 1 fully saturated rings. The number of nitrogens with zero attached hydrogens (tertiary/aromatic N) is 1. The molecular formula is C23H23BrN2O2. The first kappa shape index (κ1) is 20.2. The van der Waals surface area contributed by atoms with Gasteiger partial charge in [0.2, 0.25) is 0 Å². The van der Waals surface area contributed by atoms with E-state index < -0.39 is 0 Å². The lowest BCUT2D eigenvalue weighted by atomic mass is 10.1. The number of carbonyl (C=O) groups is 1. The molecule has 1 amide bonds. The van der Waals surface area contributed by atoms with Gasteiger partial charge in [0, 0.05) is 6.04 Å². The number of hydrogen-bond donors (Lipinski definition) is 1. The Balaban J connectivity index is 1.67. The predicted molar refractivity (Wildman–Crippen MR) is 114 cm³/mol. The summed E-state index contributed by atoms with van der Waals surface area (Å²) in [5.74, 6) is 0.415. The quantitative estimate of drug-likeness (QED) is 0.491. The van der Waals surface area contributed by atoms with Crippen LogP contribution in [-0.2, 0) is 11.4 Å². The van der Waals surface area contributed by atoms with Crippen molar-refractivity contribution in [1.82, 2.24) is 5.32 Å². The Morgan fingerprint density at radius 3 is 2.75 bits per heavy atom. The average molecular weight is 439 g/mol. The summed E-state index contributed by atoms with van der Waals surface area (Å²) in [6, 6.07) is 15.9. The maximum atomic E-state index is 12.3.